The molecular weight excluding hydrogens is 306 g/mol. The van der Waals surface area contributed by atoms with Crippen LogP contribution in [0.3, 0.4) is 0 Å². The van der Waals surface area contributed by atoms with Crippen LogP contribution in [0.25, 0.3) is 0 Å². The smallest absolute Gasteiger partial charge is 0.187 e. The van der Waals surface area contributed by atoms with E-state index in [2.05, 4.69) is 46.0 Å². The molecule has 23 heavy (non-hydrogen) atoms. The molecule has 1 atom stereocenters. The van der Waals surface area contributed by atoms with E-state index < -0.39 is 0 Å². The van der Waals surface area contributed by atoms with Crippen LogP contribution in [0.5, 0.6) is 0 Å². The summed E-state index contributed by atoms with van der Waals surface area (Å²) in [6.07, 6.45) is 8.59. The predicted octanol–water partition coefficient (Wildman–Crippen LogP) is 3.21. The fourth-order valence-electron chi connectivity index (χ4n) is 2.89. The Hall–Kier alpha value is -1.40. The van der Waals surface area contributed by atoms with Crippen molar-refractivity contribution in [2.24, 2.45) is 0 Å². The highest BCUT2D eigenvalue weighted by Crippen LogP contribution is 2.24. The first-order valence-electron chi connectivity index (χ1n) is 8.36. The Balaban J connectivity index is 1.56. The lowest BCUT2D eigenvalue weighted by Crippen LogP contribution is -2.18. The molecule has 2 heterocycles. The van der Waals surface area contributed by atoms with Gasteiger partial charge >= 0.3 is 0 Å². The number of hydrogen-bond acceptors (Lipinski definition) is 5. The number of nitrogens with one attached hydrogen (secondary N) is 1. The number of hydrogen-bond donors (Lipinski definition) is 1. The molecule has 0 spiro atoms. The average Bonchev–Trinajstić information content (AvgIpc) is 3.14. The molecule has 1 aliphatic rings. The summed E-state index contributed by atoms with van der Waals surface area (Å²) in [6, 6.07) is 0. The van der Waals surface area contributed by atoms with Crippen molar-refractivity contribution >= 4 is 11.8 Å². The van der Waals surface area contributed by atoms with Gasteiger partial charge in [-0.25, -0.2) is 9.97 Å². The summed E-state index contributed by atoms with van der Waals surface area (Å²) in [7, 11) is 2.12. The van der Waals surface area contributed by atoms with Crippen molar-refractivity contribution in [3.8, 4) is 0 Å². The molecule has 0 saturated heterocycles. The average molecular weight is 331 g/mol. The van der Waals surface area contributed by atoms with Gasteiger partial charge < -0.3 is 0 Å². The molecule has 0 radical (unpaired) electrons. The number of aromatic nitrogens is 4. The van der Waals surface area contributed by atoms with E-state index in [0.29, 0.717) is 5.25 Å². The van der Waals surface area contributed by atoms with Crippen molar-refractivity contribution in [3.05, 3.63) is 34.9 Å². The Morgan fingerprint density at radius 2 is 2.04 bits per heavy atom. The number of aryl methyl sites for hydroxylation is 1. The largest absolute Gasteiger partial charge is 0.296 e. The molecule has 124 valence electrons. The van der Waals surface area contributed by atoms with E-state index in [9.17, 15) is 0 Å². The van der Waals surface area contributed by atoms with Crippen molar-refractivity contribution in [2.75, 3.05) is 7.05 Å². The Bertz CT molecular complexity index is 637. The molecule has 1 aliphatic carbocycles. The van der Waals surface area contributed by atoms with E-state index in [1.54, 1.807) is 11.8 Å². The third-order valence-electron chi connectivity index (χ3n) is 4.33. The minimum Gasteiger partial charge on any atom is -0.296 e. The zero-order valence-electron chi connectivity index (χ0n) is 14.2. The van der Waals surface area contributed by atoms with Gasteiger partial charge in [0.2, 0.25) is 0 Å². The Morgan fingerprint density at radius 1 is 1.26 bits per heavy atom. The number of aromatic amines is 1. The molecule has 0 saturated carbocycles. The van der Waals surface area contributed by atoms with Crippen LogP contribution in [0.4, 0.5) is 0 Å². The molecular formula is C17H25N5S. The molecule has 0 bridgehead atoms. The standard InChI is InChI=1S/C17H25N5S/c1-4-12(2)23-17-18-8-13(9-19-17)10-22(3)11-16-14-6-5-7-15(14)20-21-16/h8-9,12H,4-7,10-11H2,1-3H3,(H,20,21). The Morgan fingerprint density at radius 3 is 2.78 bits per heavy atom. The summed E-state index contributed by atoms with van der Waals surface area (Å²) >= 11 is 1.74. The normalized spacial score (nSPS) is 15.1. The molecule has 2 aromatic heterocycles. The van der Waals surface area contributed by atoms with Crippen LogP contribution in [0.1, 0.15) is 49.2 Å². The van der Waals surface area contributed by atoms with E-state index >= 15 is 0 Å². The third kappa shape index (κ3) is 4.12. The van der Waals surface area contributed by atoms with Gasteiger partial charge in [-0.1, -0.05) is 25.6 Å². The molecule has 6 heteroatoms. The fraction of sp³-hybridized carbons (Fsp3) is 0.588. The quantitative estimate of drug-likeness (QED) is 0.623. The first kappa shape index (κ1) is 16.5. The van der Waals surface area contributed by atoms with Crippen LogP contribution in [0, 0.1) is 0 Å². The van der Waals surface area contributed by atoms with Crippen molar-refractivity contribution < 1.29 is 0 Å². The first-order chi connectivity index (χ1) is 11.2. The summed E-state index contributed by atoms with van der Waals surface area (Å²) in [4.78, 5) is 11.2. The van der Waals surface area contributed by atoms with Crippen LogP contribution in [0.2, 0.25) is 0 Å². The second kappa shape index (κ2) is 7.45. The Kier molecular flexibility index (Phi) is 5.33. The maximum absolute atomic E-state index is 4.48. The summed E-state index contributed by atoms with van der Waals surface area (Å²) in [5.74, 6) is 0. The minimum absolute atomic E-state index is 0.560. The van der Waals surface area contributed by atoms with E-state index in [4.69, 9.17) is 0 Å². The topological polar surface area (TPSA) is 57.7 Å². The highest BCUT2D eigenvalue weighted by atomic mass is 32.2. The molecule has 1 N–H and O–H groups in total. The highest BCUT2D eigenvalue weighted by molar-refractivity contribution is 7.99. The number of thioether (sulfide) groups is 1. The van der Waals surface area contributed by atoms with Crippen molar-refractivity contribution in [1.29, 1.82) is 0 Å². The van der Waals surface area contributed by atoms with Gasteiger partial charge in [-0.05, 0) is 38.3 Å². The van der Waals surface area contributed by atoms with Crippen LogP contribution >= 0.6 is 11.8 Å². The predicted molar refractivity (Wildman–Crippen MR) is 93.4 cm³/mol. The lowest BCUT2D eigenvalue weighted by Gasteiger charge is -2.16. The molecule has 0 amide bonds. The van der Waals surface area contributed by atoms with Gasteiger partial charge in [0, 0.05) is 42.0 Å². The van der Waals surface area contributed by atoms with Gasteiger partial charge in [-0.3, -0.25) is 10.00 Å². The van der Waals surface area contributed by atoms with E-state index in [-0.39, 0.29) is 0 Å². The van der Waals surface area contributed by atoms with Crippen LogP contribution in [-0.4, -0.2) is 37.4 Å². The Labute approximate surface area is 142 Å². The molecule has 5 nitrogen and oxygen atoms in total. The zero-order valence-corrected chi connectivity index (χ0v) is 15.0. The lowest BCUT2D eigenvalue weighted by atomic mass is 10.2. The maximum Gasteiger partial charge on any atom is 0.187 e. The van der Waals surface area contributed by atoms with Crippen LogP contribution < -0.4 is 0 Å². The van der Waals surface area contributed by atoms with Gasteiger partial charge in [0.15, 0.2) is 5.16 Å². The van der Waals surface area contributed by atoms with E-state index in [0.717, 1.165) is 36.7 Å². The van der Waals surface area contributed by atoms with Gasteiger partial charge in [0.05, 0.1) is 5.69 Å². The molecule has 0 fully saturated rings. The molecule has 0 aliphatic heterocycles. The number of rotatable bonds is 7. The monoisotopic (exact) mass is 331 g/mol. The lowest BCUT2D eigenvalue weighted by molar-refractivity contribution is 0.313. The molecule has 1 unspecified atom stereocenters. The van der Waals surface area contributed by atoms with Gasteiger partial charge in [0.1, 0.15) is 0 Å². The van der Waals surface area contributed by atoms with Gasteiger partial charge in [-0.15, -0.1) is 0 Å². The van der Waals surface area contributed by atoms with Crippen molar-refractivity contribution in [2.45, 2.75) is 63.0 Å². The van der Waals surface area contributed by atoms with Crippen LogP contribution in [-0.2, 0) is 25.9 Å². The van der Waals surface area contributed by atoms with Gasteiger partial charge in [-0.2, -0.15) is 5.10 Å². The highest BCUT2D eigenvalue weighted by Gasteiger charge is 2.19. The second-order valence-corrected chi connectivity index (χ2v) is 7.77. The van der Waals surface area contributed by atoms with E-state index in [1.165, 1.54) is 29.8 Å². The SMILES string of the molecule is CCC(C)Sc1ncc(CN(C)Cc2n[nH]c3c2CCC3)cn1. The molecule has 2 aromatic rings. The summed E-state index contributed by atoms with van der Waals surface area (Å²) in [5, 5.41) is 9.09. The maximum atomic E-state index is 4.48. The number of fused-ring (bicyclic) bond motifs is 1. The third-order valence-corrected chi connectivity index (χ3v) is 5.48. The second-order valence-electron chi connectivity index (χ2n) is 6.36. The van der Waals surface area contributed by atoms with Crippen LogP contribution in [0.15, 0.2) is 17.6 Å². The van der Waals surface area contributed by atoms with Gasteiger partial charge in [0.25, 0.3) is 0 Å². The molecule has 0 aromatic carbocycles. The summed E-state index contributed by atoms with van der Waals surface area (Å²) in [6.45, 7) is 6.11. The number of H-pyrrole nitrogens is 1. The number of nitrogens with zero attached hydrogens (tertiary/aromatic N) is 4. The first-order valence-corrected chi connectivity index (χ1v) is 9.24. The summed E-state index contributed by atoms with van der Waals surface area (Å²) < 4.78 is 0. The zero-order chi connectivity index (χ0) is 16.2. The van der Waals surface area contributed by atoms with Crippen molar-refractivity contribution in [3.63, 3.8) is 0 Å². The summed E-state index contributed by atoms with van der Waals surface area (Å²) in [5.41, 5.74) is 5.12. The fourth-order valence-corrected chi connectivity index (χ4v) is 3.64. The molecule has 3 rings (SSSR count). The minimum atomic E-state index is 0.560. The van der Waals surface area contributed by atoms with E-state index in [1.807, 2.05) is 12.4 Å². The van der Waals surface area contributed by atoms with Crippen molar-refractivity contribution in [1.82, 2.24) is 25.1 Å².